The summed E-state index contributed by atoms with van der Waals surface area (Å²) in [5, 5.41) is 28.3. The number of aromatic nitrogens is 7. The summed E-state index contributed by atoms with van der Waals surface area (Å²) >= 11 is 0. The summed E-state index contributed by atoms with van der Waals surface area (Å²) in [6.07, 6.45) is 9.54. The molecule has 0 spiro atoms. The second-order valence-corrected chi connectivity index (χ2v) is 9.24. The molecule has 1 aliphatic rings. The minimum absolute atomic E-state index is 0.246. The van der Waals surface area contributed by atoms with Crippen LogP contribution in [0.3, 0.4) is 0 Å². The third kappa shape index (κ3) is 4.53. The first-order chi connectivity index (χ1) is 18.2. The van der Waals surface area contributed by atoms with E-state index in [9.17, 15) is 9.90 Å². The Kier molecular flexibility index (Phi) is 6.05. The van der Waals surface area contributed by atoms with Gasteiger partial charge in [0.15, 0.2) is 5.65 Å². The van der Waals surface area contributed by atoms with E-state index in [0.717, 1.165) is 40.8 Å². The van der Waals surface area contributed by atoms with Gasteiger partial charge in [0.2, 0.25) is 5.82 Å². The Bertz CT molecular complexity index is 1540. The zero-order chi connectivity index (χ0) is 25.2. The van der Waals surface area contributed by atoms with Gasteiger partial charge in [-0.1, -0.05) is 43.5 Å². The van der Waals surface area contributed by atoms with E-state index in [1.807, 2.05) is 41.0 Å². The number of fused-ring (bicyclic) bond motifs is 1. The Hall–Kier alpha value is -4.60. The number of carboxylic acid groups (broad SMARTS) is 1. The minimum atomic E-state index is -0.952. The summed E-state index contributed by atoms with van der Waals surface area (Å²) in [5.74, 6) is 0.605. The molecule has 2 aromatic carbocycles. The number of carbonyl (C=O) groups is 1. The summed E-state index contributed by atoms with van der Waals surface area (Å²) in [4.78, 5) is 16.0. The molecule has 5 aromatic rings. The number of nitrogens with one attached hydrogen (secondary N) is 1. The number of tetrazole rings is 1. The summed E-state index contributed by atoms with van der Waals surface area (Å²) in [7, 11) is 0. The van der Waals surface area contributed by atoms with Crippen molar-refractivity contribution in [3.63, 3.8) is 0 Å². The zero-order valence-corrected chi connectivity index (χ0v) is 20.0. The molecule has 0 atom stereocenters. The molecule has 186 valence electrons. The number of aromatic carboxylic acids is 1. The van der Waals surface area contributed by atoms with E-state index in [1.54, 1.807) is 24.4 Å². The zero-order valence-electron chi connectivity index (χ0n) is 20.0. The number of H-pyrrole nitrogens is 1. The molecule has 3 aromatic heterocycles. The number of aromatic amines is 1. The van der Waals surface area contributed by atoms with Gasteiger partial charge < -0.3 is 9.84 Å². The first kappa shape index (κ1) is 22.8. The van der Waals surface area contributed by atoms with Crippen molar-refractivity contribution < 1.29 is 14.6 Å². The maximum atomic E-state index is 11.2. The molecule has 0 aliphatic heterocycles. The highest BCUT2D eigenvalue weighted by molar-refractivity contribution is 5.87. The van der Waals surface area contributed by atoms with Crippen LogP contribution in [0.25, 0.3) is 28.2 Å². The van der Waals surface area contributed by atoms with Crippen LogP contribution in [0.2, 0.25) is 0 Å². The predicted molar refractivity (Wildman–Crippen MR) is 135 cm³/mol. The fraction of sp³-hybridized carbons (Fsp3) is 0.259. The van der Waals surface area contributed by atoms with E-state index in [1.165, 1.54) is 19.3 Å². The molecule has 6 rings (SSSR count). The topological polar surface area (TPSA) is 131 Å². The van der Waals surface area contributed by atoms with E-state index in [4.69, 9.17) is 14.8 Å². The molecule has 0 saturated heterocycles. The van der Waals surface area contributed by atoms with Gasteiger partial charge in [-0.3, -0.25) is 0 Å². The van der Waals surface area contributed by atoms with Crippen molar-refractivity contribution in [2.75, 3.05) is 0 Å². The Labute approximate surface area is 212 Å². The van der Waals surface area contributed by atoms with Crippen molar-refractivity contribution in [2.24, 2.45) is 0 Å². The monoisotopic (exact) mass is 495 g/mol. The van der Waals surface area contributed by atoms with Gasteiger partial charge in [-0.15, -0.1) is 10.2 Å². The average molecular weight is 496 g/mol. The van der Waals surface area contributed by atoms with Crippen LogP contribution >= 0.6 is 0 Å². The summed E-state index contributed by atoms with van der Waals surface area (Å²) in [6.45, 7) is 0.285. The van der Waals surface area contributed by atoms with E-state index in [2.05, 4.69) is 20.6 Å². The lowest BCUT2D eigenvalue weighted by Gasteiger charge is -2.25. The maximum absolute atomic E-state index is 11.2. The Balaban J connectivity index is 1.31. The second-order valence-electron chi connectivity index (χ2n) is 9.24. The van der Waals surface area contributed by atoms with Crippen LogP contribution in [0.1, 0.15) is 59.6 Å². The molecular weight excluding hydrogens is 470 g/mol. The molecule has 3 heterocycles. The smallest absolute Gasteiger partial charge is 0.335 e. The van der Waals surface area contributed by atoms with Gasteiger partial charge in [0.1, 0.15) is 12.4 Å². The first-order valence-corrected chi connectivity index (χ1v) is 12.3. The molecule has 10 heteroatoms. The quantitative estimate of drug-likeness (QED) is 0.326. The Morgan fingerprint density at radius 2 is 1.89 bits per heavy atom. The number of carboxylic acids is 1. The lowest BCUT2D eigenvalue weighted by molar-refractivity contribution is 0.0696. The largest absolute Gasteiger partial charge is 0.489 e. The highest BCUT2D eigenvalue weighted by Crippen LogP contribution is 2.39. The van der Waals surface area contributed by atoms with Crippen molar-refractivity contribution in [2.45, 2.75) is 44.6 Å². The lowest BCUT2D eigenvalue weighted by Crippen LogP contribution is -2.12. The highest BCUT2D eigenvalue weighted by Gasteiger charge is 2.25. The third-order valence-corrected chi connectivity index (χ3v) is 6.89. The van der Waals surface area contributed by atoms with Gasteiger partial charge in [-0.25, -0.2) is 14.3 Å². The summed E-state index contributed by atoms with van der Waals surface area (Å²) in [5.41, 5.74) is 5.74. The summed E-state index contributed by atoms with van der Waals surface area (Å²) in [6, 6.07) is 14.7. The number of ether oxygens (including phenoxy) is 1. The molecule has 2 N–H and O–H groups in total. The molecule has 1 saturated carbocycles. The van der Waals surface area contributed by atoms with E-state index in [-0.39, 0.29) is 12.2 Å². The molecule has 0 bridgehead atoms. The number of hydrogen-bond donors (Lipinski definition) is 2. The molecule has 1 aliphatic carbocycles. The van der Waals surface area contributed by atoms with Crippen LogP contribution < -0.4 is 4.74 Å². The second kappa shape index (κ2) is 9.81. The van der Waals surface area contributed by atoms with Crippen LogP contribution in [-0.2, 0) is 6.61 Å². The maximum Gasteiger partial charge on any atom is 0.335 e. The van der Waals surface area contributed by atoms with E-state index < -0.39 is 5.97 Å². The third-order valence-electron chi connectivity index (χ3n) is 6.89. The van der Waals surface area contributed by atoms with Gasteiger partial charge in [-0.05, 0) is 53.4 Å². The van der Waals surface area contributed by atoms with Crippen molar-refractivity contribution in [1.82, 2.24) is 35.2 Å². The van der Waals surface area contributed by atoms with Crippen LogP contribution in [-0.4, -0.2) is 46.3 Å². The predicted octanol–water partition coefficient (Wildman–Crippen LogP) is 4.90. The van der Waals surface area contributed by atoms with Gasteiger partial charge in [-0.2, -0.15) is 10.3 Å². The molecule has 10 nitrogen and oxygen atoms in total. The van der Waals surface area contributed by atoms with Crippen molar-refractivity contribution in [3.8, 4) is 28.3 Å². The van der Waals surface area contributed by atoms with Crippen LogP contribution in [0.5, 0.6) is 5.75 Å². The summed E-state index contributed by atoms with van der Waals surface area (Å²) < 4.78 is 7.87. The SMILES string of the molecule is O=C(O)c1cccc(COc2ccc(-c3cnc4c(-c5nn[nH]n5)cnn4c3C3CCCCC3)cc2)c1. The van der Waals surface area contributed by atoms with Gasteiger partial charge in [0.05, 0.1) is 23.0 Å². The Morgan fingerprint density at radius 1 is 1.05 bits per heavy atom. The number of benzene rings is 2. The lowest BCUT2D eigenvalue weighted by atomic mass is 9.84. The van der Waals surface area contributed by atoms with Gasteiger partial charge in [0.25, 0.3) is 0 Å². The normalized spacial score (nSPS) is 14.2. The molecule has 0 unspecified atom stereocenters. The fourth-order valence-corrected chi connectivity index (χ4v) is 5.06. The Morgan fingerprint density at radius 3 is 2.65 bits per heavy atom. The van der Waals surface area contributed by atoms with Gasteiger partial charge in [0, 0.05) is 17.7 Å². The molecule has 37 heavy (non-hydrogen) atoms. The first-order valence-electron chi connectivity index (χ1n) is 12.3. The van der Waals surface area contributed by atoms with Crippen LogP contribution in [0, 0.1) is 0 Å². The minimum Gasteiger partial charge on any atom is -0.489 e. The highest BCUT2D eigenvalue weighted by atomic mass is 16.5. The molecule has 1 fully saturated rings. The number of hydrogen-bond acceptors (Lipinski definition) is 7. The van der Waals surface area contributed by atoms with E-state index in [0.29, 0.717) is 23.1 Å². The van der Waals surface area contributed by atoms with Crippen LogP contribution in [0.4, 0.5) is 0 Å². The van der Waals surface area contributed by atoms with Crippen molar-refractivity contribution in [1.29, 1.82) is 0 Å². The van der Waals surface area contributed by atoms with Crippen molar-refractivity contribution >= 4 is 11.6 Å². The standard InChI is InChI=1S/C27H25N7O3/c35-27(36)20-8-4-5-17(13-20)16-37-21-11-9-18(10-12-21)22-14-28-26-23(25-30-32-33-31-25)15-29-34(26)24(22)19-6-2-1-3-7-19/h4-5,8-15,19H,1-3,6-7,16H2,(H,35,36)(H,30,31,32,33). The van der Waals surface area contributed by atoms with Crippen molar-refractivity contribution in [3.05, 3.63) is 77.7 Å². The van der Waals surface area contributed by atoms with Gasteiger partial charge >= 0.3 is 5.97 Å². The molecular formula is C27H25N7O3. The molecule has 0 amide bonds. The number of rotatable bonds is 7. The fourth-order valence-electron chi connectivity index (χ4n) is 5.06. The van der Waals surface area contributed by atoms with Crippen LogP contribution in [0.15, 0.2) is 60.9 Å². The average Bonchev–Trinajstić information content (AvgIpc) is 3.62. The van der Waals surface area contributed by atoms with E-state index >= 15 is 0 Å². The molecule has 0 radical (unpaired) electrons. The number of nitrogens with zero attached hydrogens (tertiary/aromatic N) is 6.